The van der Waals surface area contributed by atoms with E-state index in [2.05, 4.69) is 75.6 Å². The van der Waals surface area contributed by atoms with Crippen molar-refractivity contribution >= 4 is 0 Å². The van der Waals surface area contributed by atoms with E-state index in [1.807, 2.05) is 0 Å². The minimum absolute atomic E-state index is 0.507. The zero-order chi connectivity index (χ0) is 15.0. The molecule has 2 heteroatoms. The lowest BCUT2D eigenvalue weighted by Gasteiger charge is -2.26. The lowest BCUT2D eigenvalue weighted by Crippen LogP contribution is -2.41. The van der Waals surface area contributed by atoms with Gasteiger partial charge >= 0.3 is 0 Å². The third-order valence-electron chi connectivity index (χ3n) is 4.08. The van der Waals surface area contributed by atoms with E-state index in [9.17, 15) is 0 Å². The third kappa shape index (κ3) is 6.06. The molecule has 0 aromatic heterocycles. The van der Waals surface area contributed by atoms with E-state index in [-0.39, 0.29) is 0 Å². The van der Waals surface area contributed by atoms with Gasteiger partial charge in [-0.25, -0.2) is 0 Å². The van der Waals surface area contributed by atoms with E-state index in [0.29, 0.717) is 23.9 Å². The SMILES string of the molecule is CCC(C)C(CNC(C)CNC(C)C)c1ccccc1. The average molecular weight is 276 g/mol. The van der Waals surface area contributed by atoms with Crippen molar-refractivity contribution in [3.63, 3.8) is 0 Å². The first-order chi connectivity index (χ1) is 9.54. The molecule has 1 aromatic rings. The van der Waals surface area contributed by atoms with E-state index in [0.717, 1.165) is 13.1 Å². The Morgan fingerprint density at radius 2 is 1.55 bits per heavy atom. The lowest BCUT2D eigenvalue weighted by molar-refractivity contribution is 0.389. The van der Waals surface area contributed by atoms with Crippen molar-refractivity contribution in [1.82, 2.24) is 10.6 Å². The Hall–Kier alpha value is -0.860. The fourth-order valence-electron chi connectivity index (χ4n) is 2.45. The molecule has 0 amide bonds. The molecule has 1 rings (SSSR count). The predicted octanol–water partition coefficient (Wildman–Crippen LogP) is 3.79. The molecule has 0 bridgehead atoms. The molecule has 0 heterocycles. The second-order valence-corrected chi connectivity index (χ2v) is 6.27. The number of benzene rings is 1. The molecule has 114 valence electrons. The van der Waals surface area contributed by atoms with Crippen LogP contribution < -0.4 is 10.6 Å². The summed E-state index contributed by atoms with van der Waals surface area (Å²) in [7, 11) is 0. The van der Waals surface area contributed by atoms with Gasteiger partial charge < -0.3 is 10.6 Å². The highest BCUT2D eigenvalue weighted by Gasteiger charge is 2.18. The summed E-state index contributed by atoms with van der Waals surface area (Å²) in [5.74, 6) is 1.30. The molecule has 0 saturated carbocycles. The maximum atomic E-state index is 3.69. The minimum Gasteiger partial charge on any atom is -0.313 e. The standard InChI is InChI=1S/C18H32N2/c1-6-15(4)18(17-10-8-7-9-11-17)13-20-16(5)12-19-14(2)3/h7-11,14-16,18-20H,6,12-13H2,1-5H3. The first-order valence-electron chi connectivity index (χ1n) is 8.06. The maximum absolute atomic E-state index is 3.69. The molecule has 20 heavy (non-hydrogen) atoms. The van der Waals surface area contributed by atoms with Gasteiger partial charge in [-0.1, -0.05) is 64.4 Å². The Balaban J connectivity index is 2.54. The first-order valence-corrected chi connectivity index (χ1v) is 8.06. The van der Waals surface area contributed by atoms with Crippen LogP contribution in [0.4, 0.5) is 0 Å². The smallest absolute Gasteiger partial charge is 0.0164 e. The van der Waals surface area contributed by atoms with Crippen LogP contribution in [-0.4, -0.2) is 25.2 Å². The predicted molar refractivity (Wildman–Crippen MR) is 89.2 cm³/mol. The number of hydrogen-bond acceptors (Lipinski definition) is 2. The summed E-state index contributed by atoms with van der Waals surface area (Å²) in [4.78, 5) is 0. The third-order valence-corrected chi connectivity index (χ3v) is 4.08. The van der Waals surface area contributed by atoms with Gasteiger partial charge in [0.2, 0.25) is 0 Å². The van der Waals surface area contributed by atoms with Crippen LogP contribution in [0.3, 0.4) is 0 Å². The van der Waals surface area contributed by atoms with Crippen LogP contribution in [0, 0.1) is 5.92 Å². The number of hydrogen-bond donors (Lipinski definition) is 2. The summed E-state index contributed by atoms with van der Waals surface area (Å²) < 4.78 is 0. The van der Waals surface area contributed by atoms with Crippen molar-refractivity contribution in [2.75, 3.05) is 13.1 Å². The number of rotatable bonds is 9. The van der Waals surface area contributed by atoms with Crippen molar-refractivity contribution in [2.24, 2.45) is 5.92 Å². The van der Waals surface area contributed by atoms with Gasteiger partial charge in [-0.15, -0.1) is 0 Å². The van der Waals surface area contributed by atoms with Gasteiger partial charge in [0.25, 0.3) is 0 Å². The zero-order valence-electron chi connectivity index (χ0n) is 13.8. The topological polar surface area (TPSA) is 24.1 Å². The normalized spacial score (nSPS) is 16.1. The molecule has 0 aliphatic heterocycles. The Morgan fingerprint density at radius 1 is 0.900 bits per heavy atom. The highest BCUT2D eigenvalue weighted by Crippen LogP contribution is 2.26. The molecular weight excluding hydrogens is 244 g/mol. The lowest BCUT2D eigenvalue weighted by atomic mass is 9.85. The molecule has 3 atom stereocenters. The summed E-state index contributed by atoms with van der Waals surface area (Å²) in [5.41, 5.74) is 1.46. The van der Waals surface area contributed by atoms with Gasteiger partial charge in [0, 0.05) is 25.2 Å². The van der Waals surface area contributed by atoms with Crippen LogP contribution in [0.5, 0.6) is 0 Å². The second kappa shape index (κ2) is 9.15. The zero-order valence-corrected chi connectivity index (χ0v) is 13.8. The molecule has 0 radical (unpaired) electrons. The fourth-order valence-corrected chi connectivity index (χ4v) is 2.45. The molecular formula is C18H32N2. The summed E-state index contributed by atoms with van der Waals surface area (Å²) in [6.07, 6.45) is 1.22. The van der Waals surface area contributed by atoms with Crippen LogP contribution >= 0.6 is 0 Å². The van der Waals surface area contributed by atoms with Gasteiger partial charge in [0.15, 0.2) is 0 Å². The van der Waals surface area contributed by atoms with Crippen molar-refractivity contribution in [3.05, 3.63) is 35.9 Å². The van der Waals surface area contributed by atoms with Crippen LogP contribution in [0.1, 0.15) is 52.5 Å². The molecule has 0 spiro atoms. The minimum atomic E-state index is 0.507. The average Bonchev–Trinajstić information content (AvgIpc) is 2.46. The van der Waals surface area contributed by atoms with Crippen molar-refractivity contribution in [3.8, 4) is 0 Å². The molecule has 3 unspecified atom stereocenters. The molecule has 0 saturated heterocycles. The summed E-state index contributed by atoms with van der Waals surface area (Å²) in [6.45, 7) is 13.4. The fraction of sp³-hybridized carbons (Fsp3) is 0.667. The Bertz CT molecular complexity index is 348. The Labute approximate surface area is 125 Å². The quantitative estimate of drug-likeness (QED) is 0.717. The number of nitrogens with one attached hydrogen (secondary N) is 2. The maximum Gasteiger partial charge on any atom is 0.0164 e. The van der Waals surface area contributed by atoms with Crippen LogP contribution in [0.2, 0.25) is 0 Å². The molecule has 2 nitrogen and oxygen atoms in total. The van der Waals surface area contributed by atoms with E-state index >= 15 is 0 Å². The van der Waals surface area contributed by atoms with Gasteiger partial charge in [0.1, 0.15) is 0 Å². The summed E-state index contributed by atoms with van der Waals surface area (Å²) in [5, 5.41) is 7.18. The van der Waals surface area contributed by atoms with E-state index in [1.54, 1.807) is 0 Å². The summed E-state index contributed by atoms with van der Waals surface area (Å²) >= 11 is 0. The molecule has 0 aliphatic rings. The van der Waals surface area contributed by atoms with Gasteiger partial charge in [-0.3, -0.25) is 0 Å². The monoisotopic (exact) mass is 276 g/mol. The van der Waals surface area contributed by atoms with Gasteiger partial charge in [-0.05, 0) is 24.3 Å². The molecule has 2 N–H and O–H groups in total. The van der Waals surface area contributed by atoms with Crippen LogP contribution in [0.25, 0.3) is 0 Å². The first kappa shape index (κ1) is 17.2. The largest absolute Gasteiger partial charge is 0.313 e. The van der Waals surface area contributed by atoms with Crippen molar-refractivity contribution in [2.45, 2.75) is 59.0 Å². The Kier molecular flexibility index (Phi) is 7.86. The Morgan fingerprint density at radius 3 is 2.10 bits per heavy atom. The van der Waals surface area contributed by atoms with Crippen LogP contribution in [0.15, 0.2) is 30.3 Å². The molecule has 0 aliphatic carbocycles. The highest BCUT2D eigenvalue weighted by molar-refractivity contribution is 5.20. The molecule has 0 fully saturated rings. The summed E-state index contributed by atoms with van der Waals surface area (Å²) in [6, 6.07) is 12.0. The van der Waals surface area contributed by atoms with Gasteiger partial charge in [-0.2, -0.15) is 0 Å². The van der Waals surface area contributed by atoms with Gasteiger partial charge in [0.05, 0.1) is 0 Å². The van der Waals surface area contributed by atoms with Crippen molar-refractivity contribution in [1.29, 1.82) is 0 Å². The second-order valence-electron chi connectivity index (χ2n) is 6.27. The van der Waals surface area contributed by atoms with E-state index in [4.69, 9.17) is 0 Å². The van der Waals surface area contributed by atoms with Crippen LogP contribution in [-0.2, 0) is 0 Å². The molecule has 1 aromatic carbocycles. The van der Waals surface area contributed by atoms with E-state index < -0.39 is 0 Å². The van der Waals surface area contributed by atoms with Crippen molar-refractivity contribution < 1.29 is 0 Å². The van der Waals surface area contributed by atoms with E-state index in [1.165, 1.54) is 12.0 Å². The highest BCUT2D eigenvalue weighted by atomic mass is 15.0.